The van der Waals surface area contributed by atoms with Gasteiger partial charge >= 0.3 is 11.9 Å². The number of nitrogens with two attached hydrogens (primary N) is 1. The molecule has 0 heterocycles. The van der Waals surface area contributed by atoms with E-state index in [4.69, 9.17) is 15.3 Å². The smallest absolute Gasteiger partial charge is 0.338 e. The van der Waals surface area contributed by atoms with Crippen molar-refractivity contribution in [2.45, 2.75) is 84.2 Å². The number of hydrogen-bond acceptors (Lipinski definition) is 7. The minimum absolute atomic E-state index is 0.0994. The standard InChI is InChI=1S/C20H37N3O6S/c1-20(2,3)28-18(24)13-16(12-8-11-15-9-6-5-7-10-15)19(25)29-23-17(21)14-22-30(4,26)27/h15-16,22H,5-14H2,1-4H3,(H2,21,23)/t16-/m1/s1. The van der Waals surface area contributed by atoms with Crippen molar-refractivity contribution in [3.8, 4) is 0 Å². The fraction of sp³-hybridized carbons (Fsp3) is 0.850. The lowest BCUT2D eigenvalue weighted by Crippen LogP contribution is -2.33. The zero-order valence-electron chi connectivity index (χ0n) is 18.6. The average molecular weight is 448 g/mol. The van der Waals surface area contributed by atoms with Gasteiger partial charge in [0.2, 0.25) is 10.0 Å². The van der Waals surface area contributed by atoms with Crippen LogP contribution in [-0.2, 0) is 29.2 Å². The molecule has 0 saturated heterocycles. The average Bonchev–Trinajstić information content (AvgIpc) is 2.62. The molecule has 0 radical (unpaired) electrons. The summed E-state index contributed by atoms with van der Waals surface area (Å²) in [4.78, 5) is 29.6. The van der Waals surface area contributed by atoms with Gasteiger partial charge < -0.3 is 15.3 Å². The number of sulfonamides is 1. The maximum Gasteiger partial charge on any atom is 0.338 e. The minimum atomic E-state index is -3.44. The summed E-state index contributed by atoms with van der Waals surface area (Å²) in [6.45, 7) is 5.02. The Morgan fingerprint density at radius 2 is 1.83 bits per heavy atom. The summed E-state index contributed by atoms with van der Waals surface area (Å²) in [5.74, 6) is -1.35. The number of nitrogens with one attached hydrogen (secondary N) is 1. The van der Waals surface area contributed by atoms with Gasteiger partial charge in [-0.2, -0.15) is 0 Å². The van der Waals surface area contributed by atoms with Crippen LogP contribution >= 0.6 is 0 Å². The van der Waals surface area contributed by atoms with Crippen molar-refractivity contribution in [3.63, 3.8) is 0 Å². The zero-order valence-corrected chi connectivity index (χ0v) is 19.4. The number of rotatable bonds is 11. The minimum Gasteiger partial charge on any atom is -0.460 e. The molecule has 0 aromatic carbocycles. The summed E-state index contributed by atoms with van der Waals surface area (Å²) < 4.78 is 29.7. The van der Waals surface area contributed by atoms with Crippen LogP contribution in [-0.4, -0.2) is 44.6 Å². The van der Waals surface area contributed by atoms with Crippen molar-refractivity contribution in [1.82, 2.24) is 4.72 Å². The third kappa shape index (κ3) is 12.8. The molecule has 0 aliphatic heterocycles. The van der Waals surface area contributed by atoms with Crippen molar-refractivity contribution in [2.24, 2.45) is 22.7 Å². The van der Waals surface area contributed by atoms with Gasteiger partial charge in [-0.05, 0) is 33.1 Å². The van der Waals surface area contributed by atoms with Crippen LogP contribution in [0.25, 0.3) is 0 Å². The van der Waals surface area contributed by atoms with Crippen LogP contribution in [0.2, 0.25) is 0 Å². The van der Waals surface area contributed by atoms with E-state index >= 15 is 0 Å². The Balaban J connectivity index is 2.64. The Morgan fingerprint density at radius 1 is 1.20 bits per heavy atom. The van der Waals surface area contributed by atoms with Crippen LogP contribution in [0.5, 0.6) is 0 Å². The van der Waals surface area contributed by atoms with E-state index in [0.717, 1.165) is 19.1 Å². The highest BCUT2D eigenvalue weighted by atomic mass is 32.2. The molecule has 1 aliphatic rings. The van der Waals surface area contributed by atoms with Gasteiger partial charge in [-0.3, -0.25) is 4.79 Å². The molecule has 1 aliphatic carbocycles. The second-order valence-corrected chi connectivity index (χ2v) is 10.8. The Morgan fingerprint density at radius 3 is 2.40 bits per heavy atom. The first kappa shape index (κ1) is 26.4. The number of ether oxygens (including phenoxy) is 1. The number of carbonyl (C=O) groups excluding carboxylic acids is 2. The molecular formula is C20H37N3O6S. The largest absolute Gasteiger partial charge is 0.460 e. The molecule has 1 atom stereocenters. The fourth-order valence-electron chi connectivity index (χ4n) is 3.43. The first-order valence-corrected chi connectivity index (χ1v) is 12.4. The Kier molecular flexibility index (Phi) is 10.8. The van der Waals surface area contributed by atoms with Crippen molar-refractivity contribution in [1.29, 1.82) is 0 Å². The molecule has 30 heavy (non-hydrogen) atoms. The highest BCUT2D eigenvalue weighted by Crippen LogP contribution is 2.29. The van der Waals surface area contributed by atoms with E-state index < -0.39 is 33.5 Å². The molecule has 1 rings (SSSR count). The lowest BCUT2D eigenvalue weighted by Gasteiger charge is -2.23. The monoisotopic (exact) mass is 447 g/mol. The van der Waals surface area contributed by atoms with Gasteiger partial charge in [0.25, 0.3) is 0 Å². The maximum absolute atomic E-state index is 12.5. The topological polar surface area (TPSA) is 137 Å². The van der Waals surface area contributed by atoms with Crippen LogP contribution in [0.15, 0.2) is 5.16 Å². The van der Waals surface area contributed by atoms with Gasteiger partial charge in [0.05, 0.1) is 25.1 Å². The maximum atomic E-state index is 12.5. The Labute approximate surface area is 180 Å². The summed E-state index contributed by atoms with van der Waals surface area (Å²) in [6, 6.07) is 0. The lowest BCUT2D eigenvalue weighted by atomic mass is 9.84. The molecule has 0 bridgehead atoms. The van der Waals surface area contributed by atoms with Crippen LogP contribution < -0.4 is 10.5 Å². The molecular weight excluding hydrogens is 410 g/mol. The third-order valence-electron chi connectivity index (χ3n) is 4.82. The van der Waals surface area contributed by atoms with Crippen molar-refractivity contribution >= 4 is 27.8 Å². The number of nitrogens with zero attached hydrogens (tertiary/aromatic N) is 1. The summed E-state index contributed by atoms with van der Waals surface area (Å²) >= 11 is 0. The molecule has 0 unspecified atom stereocenters. The molecule has 174 valence electrons. The van der Waals surface area contributed by atoms with Gasteiger partial charge in [-0.25, -0.2) is 17.9 Å². The molecule has 9 nitrogen and oxygen atoms in total. The van der Waals surface area contributed by atoms with Crippen LogP contribution in [0, 0.1) is 11.8 Å². The van der Waals surface area contributed by atoms with E-state index in [1.165, 1.54) is 32.1 Å². The first-order chi connectivity index (χ1) is 13.9. The van der Waals surface area contributed by atoms with Crippen LogP contribution in [0.3, 0.4) is 0 Å². The van der Waals surface area contributed by atoms with Crippen molar-refractivity contribution < 1.29 is 27.6 Å². The van der Waals surface area contributed by atoms with Crippen LogP contribution in [0.4, 0.5) is 0 Å². The van der Waals surface area contributed by atoms with E-state index in [2.05, 4.69) is 9.88 Å². The number of amidine groups is 1. The third-order valence-corrected chi connectivity index (χ3v) is 5.49. The van der Waals surface area contributed by atoms with Gasteiger partial charge in [-0.15, -0.1) is 0 Å². The molecule has 3 N–H and O–H groups in total. The zero-order chi connectivity index (χ0) is 22.8. The molecule has 0 amide bonds. The van der Waals surface area contributed by atoms with Gasteiger partial charge in [0, 0.05) is 0 Å². The molecule has 0 aromatic rings. The SMILES string of the molecule is CC(C)(C)OC(=O)C[C@@H](CCCC1CCCCC1)C(=O)O/N=C(\N)CNS(C)(=O)=O. The number of hydrogen-bond donors (Lipinski definition) is 2. The van der Waals surface area contributed by atoms with Crippen molar-refractivity contribution in [2.75, 3.05) is 12.8 Å². The lowest BCUT2D eigenvalue weighted by molar-refractivity contribution is -0.161. The number of oxime groups is 1. The first-order valence-electron chi connectivity index (χ1n) is 10.6. The molecule has 1 fully saturated rings. The van der Waals surface area contributed by atoms with Gasteiger partial charge in [-0.1, -0.05) is 50.1 Å². The van der Waals surface area contributed by atoms with Gasteiger partial charge in [0.15, 0.2) is 5.84 Å². The van der Waals surface area contributed by atoms with E-state index in [1.807, 2.05) is 0 Å². The summed E-state index contributed by atoms with van der Waals surface area (Å²) in [6.07, 6.45) is 9.43. The fourth-order valence-corrected chi connectivity index (χ4v) is 3.84. The highest BCUT2D eigenvalue weighted by Gasteiger charge is 2.27. The van der Waals surface area contributed by atoms with Crippen LogP contribution in [0.1, 0.15) is 78.6 Å². The summed E-state index contributed by atoms with van der Waals surface area (Å²) in [7, 11) is -3.44. The van der Waals surface area contributed by atoms with E-state index in [-0.39, 0.29) is 18.8 Å². The second-order valence-electron chi connectivity index (χ2n) is 9.01. The summed E-state index contributed by atoms with van der Waals surface area (Å²) in [5, 5.41) is 3.49. The van der Waals surface area contributed by atoms with Crippen molar-refractivity contribution in [3.05, 3.63) is 0 Å². The number of carbonyl (C=O) groups is 2. The number of esters is 1. The molecule has 1 saturated carbocycles. The summed E-state index contributed by atoms with van der Waals surface area (Å²) in [5.41, 5.74) is 4.92. The van der Waals surface area contributed by atoms with Gasteiger partial charge in [0.1, 0.15) is 5.60 Å². The van der Waals surface area contributed by atoms with E-state index in [0.29, 0.717) is 12.3 Å². The Hall–Kier alpha value is -1.68. The normalized spacial score (nSPS) is 17.4. The molecule has 0 aromatic heterocycles. The highest BCUT2D eigenvalue weighted by molar-refractivity contribution is 7.88. The Bertz CT molecular complexity index is 694. The quantitative estimate of drug-likeness (QED) is 0.163. The second kappa shape index (κ2) is 12.2. The van der Waals surface area contributed by atoms with E-state index in [1.54, 1.807) is 20.8 Å². The van der Waals surface area contributed by atoms with E-state index in [9.17, 15) is 18.0 Å². The predicted molar refractivity (Wildman–Crippen MR) is 115 cm³/mol. The molecule has 0 spiro atoms. The molecule has 10 heteroatoms. The predicted octanol–water partition coefficient (Wildman–Crippen LogP) is 2.45.